The molecule has 1 fully saturated rings. The summed E-state index contributed by atoms with van der Waals surface area (Å²) in [5, 5.41) is 4.22. The number of aryl methyl sites for hydroxylation is 2. The number of nitrogens with one attached hydrogen (secondary N) is 1. The number of unbranched alkanes of at least 4 members (excludes halogenated alkanes) is 1. The summed E-state index contributed by atoms with van der Waals surface area (Å²) < 4.78 is 5.39. The first-order chi connectivity index (χ1) is 16.3. The molecule has 0 bridgehead atoms. The first-order valence-electron chi connectivity index (χ1n) is 12.3. The van der Waals surface area contributed by atoms with E-state index in [2.05, 4.69) is 59.9 Å². The molecule has 1 saturated heterocycles. The van der Waals surface area contributed by atoms with Gasteiger partial charge in [-0.05, 0) is 72.9 Å². The maximum atomic E-state index is 11.9. The Hall–Kier alpha value is -1.69. The van der Waals surface area contributed by atoms with Crippen LogP contribution in [0.1, 0.15) is 60.8 Å². The molecule has 1 aliphatic heterocycles. The van der Waals surface area contributed by atoms with E-state index in [4.69, 9.17) is 4.74 Å². The third kappa shape index (κ3) is 7.40. The number of esters is 1. The van der Waals surface area contributed by atoms with E-state index in [-0.39, 0.29) is 5.97 Å². The van der Waals surface area contributed by atoms with Gasteiger partial charge in [-0.2, -0.15) is 0 Å². The summed E-state index contributed by atoms with van der Waals surface area (Å²) in [7, 11) is 4.00. The highest BCUT2D eigenvalue weighted by atomic mass is 33.1. The van der Waals surface area contributed by atoms with Gasteiger partial charge in [-0.25, -0.2) is 0 Å². The van der Waals surface area contributed by atoms with Crippen LogP contribution >= 0.6 is 21.6 Å². The van der Waals surface area contributed by atoms with Gasteiger partial charge in [0.05, 0.1) is 0 Å². The van der Waals surface area contributed by atoms with Crippen molar-refractivity contribution in [2.45, 2.75) is 56.6 Å². The third-order valence-corrected chi connectivity index (χ3v) is 9.38. The average Bonchev–Trinajstić information content (AvgIpc) is 3.31. The highest BCUT2D eigenvalue weighted by Gasteiger charge is 2.17. The van der Waals surface area contributed by atoms with E-state index in [1.807, 2.05) is 21.6 Å². The topological polar surface area (TPSA) is 38.3 Å². The van der Waals surface area contributed by atoms with Gasteiger partial charge >= 0.3 is 5.97 Å². The number of ether oxygens (including phenoxy) is 1. The smallest absolute Gasteiger partial charge is 0.305 e. The van der Waals surface area contributed by atoms with Crippen molar-refractivity contribution in [3.63, 3.8) is 0 Å². The van der Waals surface area contributed by atoms with Crippen molar-refractivity contribution < 1.29 is 9.53 Å². The van der Waals surface area contributed by atoms with Gasteiger partial charge in [-0.3, -0.25) is 4.79 Å². The molecule has 1 N–H and O–H groups in total. The second kappa shape index (κ2) is 13.3. The molecule has 0 amide bonds. The third-order valence-electron chi connectivity index (χ3n) is 6.37. The van der Waals surface area contributed by atoms with Crippen LogP contribution in [0, 0.1) is 0 Å². The molecule has 0 unspecified atom stereocenters. The van der Waals surface area contributed by atoms with E-state index in [1.54, 1.807) is 0 Å². The van der Waals surface area contributed by atoms with Crippen LogP contribution in [0.4, 0.5) is 0 Å². The van der Waals surface area contributed by atoms with Crippen molar-refractivity contribution in [3.05, 3.63) is 76.9 Å². The van der Waals surface area contributed by atoms with Crippen molar-refractivity contribution in [2.24, 2.45) is 0 Å². The van der Waals surface area contributed by atoms with Gasteiger partial charge in [-0.15, -0.1) is 0 Å². The summed E-state index contributed by atoms with van der Waals surface area (Å²) >= 11 is 0. The molecule has 0 saturated carbocycles. The molecule has 0 radical (unpaired) electrons. The van der Waals surface area contributed by atoms with Gasteiger partial charge in [0.1, 0.15) is 6.61 Å². The monoisotopic (exact) mass is 481 g/mol. The van der Waals surface area contributed by atoms with Crippen LogP contribution in [-0.2, 0) is 22.4 Å². The van der Waals surface area contributed by atoms with Crippen molar-refractivity contribution in [1.82, 2.24) is 5.32 Å². The lowest BCUT2D eigenvalue weighted by Crippen LogP contribution is -2.22. The molecule has 176 valence electrons. The molecule has 3 nitrogen and oxygen atoms in total. The van der Waals surface area contributed by atoms with Crippen LogP contribution in [-0.4, -0.2) is 36.7 Å². The minimum atomic E-state index is -0.0564. The number of rotatable bonds is 11. The van der Waals surface area contributed by atoms with Crippen LogP contribution in [0.3, 0.4) is 0 Å². The SMILES string of the molecule is O=C(CCCC[C@@H]1CCSS1)OCCNCCC=C1c2ccccc2CCc2ccccc21. The Morgan fingerprint density at radius 1 is 1.00 bits per heavy atom. The lowest BCUT2D eigenvalue weighted by molar-refractivity contribution is -0.143. The van der Waals surface area contributed by atoms with Crippen molar-refractivity contribution in [3.8, 4) is 0 Å². The predicted molar refractivity (Wildman–Crippen MR) is 143 cm³/mol. The van der Waals surface area contributed by atoms with Crippen LogP contribution < -0.4 is 5.32 Å². The Balaban J connectivity index is 1.16. The Kier molecular flexibility index (Phi) is 9.82. The molecule has 5 heteroatoms. The van der Waals surface area contributed by atoms with Gasteiger partial charge in [0, 0.05) is 24.0 Å². The maximum absolute atomic E-state index is 11.9. The fourth-order valence-corrected chi connectivity index (χ4v) is 7.62. The Labute approximate surface area is 206 Å². The molecule has 2 aromatic rings. The molecule has 2 aromatic carbocycles. The molecule has 33 heavy (non-hydrogen) atoms. The second-order valence-electron chi connectivity index (χ2n) is 8.77. The van der Waals surface area contributed by atoms with Gasteiger partial charge in [0.2, 0.25) is 0 Å². The molecule has 1 aliphatic carbocycles. The summed E-state index contributed by atoms with van der Waals surface area (Å²) in [6, 6.07) is 17.6. The fraction of sp³-hybridized carbons (Fsp3) is 0.464. The second-order valence-corrected chi connectivity index (χ2v) is 11.6. The molecular weight excluding hydrogens is 446 g/mol. The first kappa shape index (κ1) is 24.4. The predicted octanol–water partition coefficient (Wildman–Crippen LogP) is 6.45. The number of carbonyl (C=O) groups excluding carboxylic acids is 1. The van der Waals surface area contributed by atoms with Gasteiger partial charge in [0.25, 0.3) is 0 Å². The lowest BCUT2D eigenvalue weighted by atomic mass is 9.93. The van der Waals surface area contributed by atoms with Crippen LogP contribution in [0.5, 0.6) is 0 Å². The molecule has 2 aliphatic rings. The molecular formula is C28H35NO2S2. The van der Waals surface area contributed by atoms with E-state index in [0.717, 1.165) is 43.9 Å². The summed E-state index contributed by atoms with van der Waals surface area (Å²) in [5.74, 6) is 1.22. The van der Waals surface area contributed by atoms with Crippen molar-refractivity contribution >= 4 is 33.1 Å². The molecule has 1 atom stereocenters. The van der Waals surface area contributed by atoms with Crippen LogP contribution in [0.2, 0.25) is 0 Å². The number of fused-ring (bicyclic) bond motifs is 2. The van der Waals surface area contributed by atoms with E-state index in [0.29, 0.717) is 19.6 Å². The van der Waals surface area contributed by atoms with E-state index >= 15 is 0 Å². The molecule has 0 aromatic heterocycles. The summed E-state index contributed by atoms with van der Waals surface area (Å²) in [6.45, 7) is 2.04. The van der Waals surface area contributed by atoms with E-state index in [1.165, 1.54) is 46.4 Å². The standard InChI is InChI=1S/C28H35NO2S2/c30-28(14-6-3-10-24-17-21-32-33-24)31-20-19-29-18-7-13-27-25-11-4-1-8-22(25)15-16-23-9-2-5-12-26(23)27/h1-2,4-5,8-9,11-13,24,29H,3,6-7,10,14-21H2/t24-/m1/s1. The van der Waals surface area contributed by atoms with Crippen molar-refractivity contribution in [2.75, 3.05) is 25.4 Å². The van der Waals surface area contributed by atoms with E-state index < -0.39 is 0 Å². The van der Waals surface area contributed by atoms with Gasteiger partial charge < -0.3 is 10.1 Å². The minimum Gasteiger partial charge on any atom is -0.464 e. The Morgan fingerprint density at radius 2 is 1.73 bits per heavy atom. The quantitative estimate of drug-likeness (QED) is 0.227. The first-order valence-corrected chi connectivity index (χ1v) is 14.7. The molecule has 0 spiro atoms. The number of hydrogen-bond acceptors (Lipinski definition) is 5. The number of hydrogen-bond donors (Lipinski definition) is 1. The number of benzene rings is 2. The zero-order chi connectivity index (χ0) is 22.7. The Bertz CT molecular complexity index is 887. The summed E-state index contributed by atoms with van der Waals surface area (Å²) in [6.07, 6.45) is 10.7. The molecule has 4 rings (SSSR count). The highest BCUT2D eigenvalue weighted by Crippen LogP contribution is 2.40. The zero-order valence-electron chi connectivity index (χ0n) is 19.4. The van der Waals surface area contributed by atoms with Gasteiger partial charge in [-0.1, -0.05) is 82.6 Å². The summed E-state index contributed by atoms with van der Waals surface area (Å²) in [4.78, 5) is 11.9. The van der Waals surface area contributed by atoms with E-state index in [9.17, 15) is 4.79 Å². The normalized spacial score (nSPS) is 17.2. The van der Waals surface area contributed by atoms with Gasteiger partial charge in [0.15, 0.2) is 0 Å². The van der Waals surface area contributed by atoms with Crippen LogP contribution in [0.15, 0.2) is 54.6 Å². The highest BCUT2D eigenvalue weighted by molar-refractivity contribution is 8.77. The zero-order valence-corrected chi connectivity index (χ0v) is 21.0. The maximum Gasteiger partial charge on any atom is 0.305 e. The fourth-order valence-electron chi connectivity index (χ4n) is 4.60. The lowest BCUT2D eigenvalue weighted by Gasteiger charge is -2.12. The average molecular weight is 482 g/mol. The Morgan fingerprint density at radius 3 is 2.42 bits per heavy atom. The minimum absolute atomic E-state index is 0.0564. The summed E-state index contributed by atoms with van der Waals surface area (Å²) in [5.41, 5.74) is 6.94. The molecule has 1 heterocycles. The largest absolute Gasteiger partial charge is 0.464 e. The van der Waals surface area contributed by atoms with Crippen molar-refractivity contribution in [1.29, 1.82) is 0 Å². The van der Waals surface area contributed by atoms with Crippen LogP contribution in [0.25, 0.3) is 5.57 Å². The number of carbonyl (C=O) groups is 1.